The summed E-state index contributed by atoms with van der Waals surface area (Å²) in [5.74, 6) is 0.924. The van der Waals surface area contributed by atoms with Crippen LogP contribution in [0.25, 0.3) is 11.3 Å². The van der Waals surface area contributed by atoms with E-state index in [9.17, 15) is 4.79 Å². The first kappa shape index (κ1) is 15.7. The standard InChI is InChI=1S/C18H23N3O2/c1-13-5-7-14(8-6-13)16-11-15(23-19-16)12-21-10-9-20(4)17(22)18(21,2)3/h5-8,11H,9-10,12H2,1-4H3. The van der Waals surface area contributed by atoms with Crippen LogP contribution >= 0.6 is 0 Å². The minimum atomic E-state index is -0.524. The van der Waals surface area contributed by atoms with Gasteiger partial charge in [-0.3, -0.25) is 9.69 Å². The van der Waals surface area contributed by atoms with Gasteiger partial charge in [-0.15, -0.1) is 0 Å². The molecule has 1 fully saturated rings. The molecule has 0 unspecified atom stereocenters. The summed E-state index contributed by atoms with van der Waals surface area (Å²) >= 11 is 0. The molecule has 122 valence electrons. The zero-order valence-corrected chi connectivity index (χ0v) is 14.2. The Hall–Kier alpha value is -2.14. The molecule has 1 amide bonds. The molecule has 0 spiro atoms. The van der Waals surface area contributed by atoms with Gasteiger partial charge in [0.2, 0.25) is 5.91 Å². The summed E-state index contributed by atoms with van der Waals surface area (Å²) in [6.07, 6.45) is 0. The van der Waals surface area contributed by atoms with E-state index in [2.05, 4.69) is 29.1 Å². The molecule has 1 saturated heterocycles. The van der Waals surface area contributed by atoms with Crippen LogP contribution < -0.4 is 0 Å². The van der Waals surface area contributed by atoms with Crippen LogP contribution in [0, 0.1) is 6.92 Å². The fourth-order valence-corrected chi connectivity index (χ4v) is 2.97. The van der Waals surface area contributed by atoms with Gasteiger partial charge in [0, 0.05) is 31.8 Å². The quantitative estimate of drug-likeness (QED) is 0.874. The molecule has 1 aromatic heterocycles. The van der Waals surface area contributed by atoms with Crippen molar-refractivity contribution in [2.24, 2.45) is 0 Å². The van der Waals surface area contributed by atoms with E-state index >= 15 is 0 Å². The molecular formula is C18H23N3O2. The fraction of sp³-hybridized carbons (Fsp3) is 0.444. The summed E-state index contributed by atoms with van der Waals surface area (Å²) in [5.41, 5.74) is 2.57. The first-order valence-corrected chi connectivity index (χ1v) is 7.91. The summed E-state index contributed by atoms with van der Waals surface area (Å²) in [6.45, 7) is 8.14. The highest BCUT2D eigenvalue weighted by molar-refractivity contribution is 5.86. The second kappa shape index (κ2) is 5.81. The van der Waals surface area contributed by atoms with Gasteiger partial charge >= 0.3 is 0 Å². The van der Waals surface area contributed by atoms with Crippen LogP contribution in [0.2, 0.25) is 0 Å². The Kier molecular flexibility index (Phi) is 3.98. The second-order valence-electron chi connectivity index (χ2n) is 6.75. The predicted octanol–water partition coefficient (Wildman–Crippen LogP) is 2.70. The smallest absolute Gasteiger partial charge is 0.242 e. The molecule has 0 saturated carbocycles. The number of rotatable bonds is 3. The number of carbonyl (C=O) groups excluding carboxylic acids is 1. The number of hydrogen-bond donors (Lipinski definition) is 0. The molecule has 0 atom stereocenters. The predicted molar refractivity (Wildman–Crippen MR) is 88.8 cm³/mol. The lowest BCUT2D eigenvalue weighted by molar-refractivity contribution is -0.147. The SMILES string of the molecule is Cc1ccc(-c2cc(CN3CCN(C)C(=O)C3(C)C)on2)cc1. The van der Waals surface area contributed by atoms with Crippen molar-refractivity contribution in [3.63, 3.8) is 0 Å². The van der Waals surface area contributed by atoms with E-state index in [4.69, 9.17) is 4.52 Å². The molecule has 5 nitrogen and oxygen atoms in total. The van der Waals surface area contributed by atoms with Crippen molar-refractivity contribution in [2.75, 3.05) is 20.1 Å². The first-order chi connectivity index (χ1) is 10.9. The maximum absolute atomic E-state index is 12.3. The lowest BCUT2D eigenvalue weighted by Gasteiger charge is -2.44. The van der Waals surface area contributed by atoms with E-state index in [1.165, 1.54) is 5.56 Å². The largest absolute Gasteiger partial charge is 0.359 e. The Bertz CT molecular complexity index is 703. The number of carbonyl (C=O) groups is 1. The number of hydrogen-bond acceptors (Lipinski definition) is 4. The lowest BCUT2D eigenvalue weighted by Crippen LogP contribution is -2.61. The average molecular weight is 313 g/mol. The molecule has 2 heterocycles. The molecule has 0 aliphatic carbocycles. The van der Waals surface area contributed by atoms with Crippen molar-refractivity contribution < 1.29 is 9.32 Å². The number of nitrogens with zero attached hydrogens (tertiary/aromatic N) is 3. The highest BCUT2D eigenvalue weighted by atomic mass is 16.5. The Balaban J connectivity index is 1.76. The van der Waals surface area contributed by atoms with E-state index in [0.717, 1.165) is 30.1 Å². The number of benzene rings is 1. The van der Waals surface area contributed by atoms with E-state index in [-0.39, 0.29) is 5.91 Å². The molecule has 0 radical (unpaired) electrons. The Morgan fingerprint density at radius 2 is 1.91 bits per heavy atom. The summed E-state index contributed by atoms with van der Waals surface area (Å²) in [5, 5.41) is 4.17. The summed E-state index contributed by atoms with van der Waals surface area (Å²) < 4.78 is 5.49. The first-order valence-electron chi connectivity index (χ1n) is 7.91. The molecule has 1 aliphatic heterocycles. The monoisotopic (exact) mass is 313 g/mol. The van der Waals surface area contributed by atoms with Crippen LogP contribution in [0.3, 0.4) is 0 Å². The van der Waals surface area contributed by atoms with Gasteiger partial charge in [0.15, 0.2) is 5.76 Å². The number of likely N-dealkylation sites (N-methyl/N-ethyl adjacent to an activating group) is 1. The minimum Gasteiger partial charge on any atom is -0.359 e. The van der Waals surface area contributed by atoms with Gasteiger partial charge in [0.05, 0.1) is 12.1 Å². The third kappa shape index (κ3) is 3.01. The number of aryl methyl sites for hydroxylation is 1. The highest BCUT2D eigenvalue weighted by Crippen LogP contribution is 2.26. The third-order valence-electron chi connectivity index (χ3n) is 4.62. The van der Waals surface area contributed by atoms with Gasteiger partial charge in [0.25, 0.3) is 0 Å². The van der Waals surface area contributed by atoms with Gasteiger partial charge in [-0.1, -0.05) is 35.0 Å². The van der Waals surface area contributed by atoms with Crippen molar-refractivity contribution in [1.29, 1.82) is 0 Å². The summed E-state index contributed by atoms with van der Waals surface area (Å²) in [6, 6.07) is 10.2. The zero-order chi connectivity index (χ0) is 16.6. The van der Waals surface area contributed by atoms with Crippen molar-refractivity contribution in [1.82, 2.24) is 15.0 Å². The zero-order valence-electron chi connectivity index (χ0n) is 14.2. The van der Waals surface area contributed by atoms with Crippen LogP contribution in [-0.2, 0) is 11.3 Å². The van der Waals surface area contributed by atoms with Crippen LogP contribution in [0.15, 0.2) is 34.9 Å². The molecule has 1 aliphatic rings. The molecule has 1 aromatic carbocycles. The van der Waals surface area contributed by atoms with Crippen LogP contribution in [0.4, 0.5) is 0 Å². The molecule has 3 rings (SSSR count). The van der Waals surface area contributed by atoms with Gasteiger partial charge in [0.1, 0.15) is 5.69 Å². The molecule has 0 bridgehead atoms. The molecule has 5 heteroatoms. The van der Waals surface area contributed by atoms with Crippen molar-refractivity contribution in [3.8, 4) is 11.3 Å². The normalized spacial score (nSPS) is 18.4. The van der Waals surface area contributed by atoms with Crippen LogP contribution in [0.5, 0.6) is 0 Å². The maximum atomic E-state index is 12.3. The van der Waals surface area contributed by atoms with Crippen molar-refractivity contribution >= 4 is 5.91 Å². The molecular weight excluding hydrogens is 290 g/mol. The second-order valence-corrected chi connectivity index (χ2v) is 6.75. The maximum Gasteiger partial charge on any atom is 0.242 e. The average Bonchev–Trinajstić information content (AvgIpc) is 2.98. The molecule has 2 aromatic rings. The van der Waals surface area contributed by atoms with E-state index in [1.807, 2.05) is 39.1 Å². The van der Waals surface area contributed by atoms with Gasteiger partial charge in [-0.25, -0.2) is 0 Å². The lowest BCUT2D eigenvalue weighted by atomic mass is 9.97. The summed E-state index contributed by atoms with van der Waals surface area (Å²) in [7, 11) is 1.85. The van der Waals surface area contributed by atoms with Gasteiger partial charge in [-0.2, -0.15) is 0 Å². The van der Waals surface area contributed by atoms with Gasteiger partial charge in [-0.05, 0) is 20.8 Å². The van der Waals surface area contributed by atoms with Crippen LogP contribution in [-0.4, -0.2) is 46.5 Å². The number of piperazine rings is 1. The summed E-state index contributed by atoms with van der Waals surface area (Å²) in [4.78, 5) is 16.3. The van der Waals surface area contributed by atoms with Crippen molar-refractivity contribution in [2.45, 2.75) is 32.9 Å². The van der Waals surface area contributed by atoms with E-state index in [0.29, 0.717) is 6.54 Å². The van der Waals surface area contributed by atoms with E-state index in [1.54, 1.807) is 4.90 Å². The van der Waals surface area contributed by atoms with Crippen LogP contribution in [0.1, 0.15) is 25.2 Å². The molecule has 23 heavy (non-hydrogen) atoms. The number of amides is 1. The van der Waals surface area contributed by atoms with E-state index < -0.39 is 5.54 Å². The number of aromatic nitrogens is 1. The van der Waals surface area contributed by atoms with Gasteiger partial charge < -0.3 is 9.42 Å². The topological polar surface area (TPSA) is 49.6 Å². The Morgan fingerprint density at radius 1 is 1.22 bits per heavy atom. The highest BCUT2D eigenvalue weighted by Gasteiger charge is 2.40. The fourth-order valence-electron chi connectivity index (χ4n) is 2.97. The third-order valence-corrected chi connectivity index (χ3v) is 4.62. The Labute approximate surface area is 136 Å². The minimum absolute atomic E-state index is 0.141. The van der Waals surface area contributed by atoms with Crippen molar-refractivity contribution in [3.05, 3.63) is 41.7 Å². The molecule has 0 N–H and O–H groups in total. The Morgan fingerprint density at radius 3 is 2.61 bits per heavy atom.